The van der Waals surface area contributed by atoms with Crippen molar-refractivity contribution in [2.75, 3.05) is 5.32 Å². The van der Waals surface area contributed by atoms with Gasteiger partial charge in [-0.2, -0.15) is 0 Å². The molecule has 1 aromatic carbocycles. The highest BCUT2D eigenvalue weighted by molar-refractivity contribution is 5.49. The zero-order valence-corrected chi connectivity index (χ0v) is 11.6. The van der Waals surface area contributed by atoms with E-state index in [-0.39, 0.29) is 10.6 Å². The number of nitro groups is 1. The molecule has 4 heteroatoms. The molecule has 0 aromatic heterocycles. The Labute approximate surface area is 114 Å². The minimum Gasteiger partial charge on any atom is -0.382 e. The first-order valence-corrected chi connectivity index (χ1v) is 7.07. The largest absolute Gasteiger partial charge is 0.382 e. The fourth-order valence-electron chi connectivity index (χ4n) is 2.85. The molecule has 1 aromatic rings. The lowest BCUT2D eigenvalue weighted by Gasteiger charge is -2.31. The molecule has 1 saturated carbocycles. The number of benzene rings is 1. The van der Waals surface area contributed by atoms with Gasteiger partial charge in [-0.25, -0.2) is 0 Å². The van der Waals surface area contributed by atoms with E-state index in [1.54, 1.807) is 24.3 Å². The summed E-state index contributed by atoms with van der Waals surface area (Å²) < 4.78 is 0. The monoisotopic (exact) mass is 262 g/mol. The second-order valence-electron chi connectivity index (χ2n) is 5.80. The SMILES string of the molecule is CC(C)C1CCC(Nc2ccc([N+](=O)[O-])cc2)CC1. The van der Waals surface area contributed by atoms with Crippen molar-refractivity contribution in [2.45, 2.75) is 45.6 Å². The van der Waals surface area contributed by atoms with E-state index in [1.807, 2.05) is 0 Å². The second kappa shape index (κ2) is 6.04. The number of non-ortho nitro benzene ring substituents is 1. The van der Waals surface area contributed by atoms with Crippen molar-refractivity contribution in [1.82, 2.24) is 0 Å². The summed E-state index contributed by atoms with van der Waals surface area (Å²) >= 11 is 0. The van der Waals surface area contributed by atoms with Gasteiger partial charge in [-0.3, -0.25) is 10.1 Å². The highest BCUT2D eigenvalue weighted by atomic mass is 16.6. The summed E-state index contributed by atoms with van der Waals surface area (Å²) in [5.74, 6) is 1.63. The molecule has 0 saturated heterocycles. The van der Waals surface area contributed by atoms with Crippen LogP contribution in [0.3, 0.4) is 0 Å². The predicted molar refractivity (Wildman–Crippen MR) is 77.3 cm³/mol. The van der Waals surface area contributed by atoms with Gasteiger partial charge in [-0.15, -0.1) is 0 Å². The van der Waals surface area contributed by atoms with Gasteiger partial charge in [0.1, 0.15) is 0 Å². The van der Waals surface area contributed by atoms with E-state index in [4.69, 9.17) is 0 Å². The second-order valence-corrected chi connectivity index (χ2v) is 5.80. The Morgan fingerprint density at radius 1 is 1.16 bits per heavy atom. The number of nitrogens with zero attached hydrogens (tertiary/aromatic N) is 1. The van der Waals surface area contributed by atoms with Crippen LogP contribution in [0.25, 0.3) is 0 Å². The number of hydrogen-bond acceptors (Lipinski definition) is 3. The molecule has 2 rings (SSSR count). The summed E-state index contributed by atoms with van der Waals surface area (Å²) in [5.41, 5.74) is 1.13. The Balaban J connectivity index is 1.87. The number of anilines is 1. The highest BCUT2D eigenvalue weighted by Crippen LogP contribution is 2.31. The first-order valence-electron chi connectivity index (χ1n) is 7.07. The molecule has 1 aliphatic rings. The van der Waals surface area contributed by atoms with Crippen LogP contribution < -0.4 is 5.32 Å². The number of nitrogens with one attached hydrogen (secondary N) is 1. The Morgan fingerprint density at radius 3 is 2.21 bits per heavy atom. The third-order valence-electron chi connectivity index (χ3n) is 4.16. The van der Waals surface area contributed by atoms with Crippen LogP contribution in [-0.4, -0.2) is 11.0 Å². The van der Waals surface area contributed by atoms with Gasteiger partial charge in [0.05, 0.1) is 4.92 Å². The summed E-state index contributed by atoms with van der Waals surface area (Å²) in [6, 6.07) is 7.22. The molecule has 0 aliphatic heterocycles. The van der Waals surface area contributed by atoms with Gasteiger partial charge in [0.2, 0.25) is 0 Å². The van der Waals surface area contributed by atoms with E-state index in [9.17, 15) is 10.1 Å². The van der Waals surface area contributed by atoms with Crippen LogP contribution in [0.4, 0.5) is 11.4 Å². The smallest absolute Gasteiger partial charge is 0.269 e. The molecule has 0 bridgehead atoms. The standard InChI is InChI=1S/C15H22N2O2/c1-11(2)12-3-5-13(6-4-12)16-14-7-9-15(10-8-14)17(18)19/h7-13,16H,3-6H2,1-2H3. The summed E-state index contributed by atoms with van der Waals surface area (Å²) in [5, 5.41) is 14.1. The minimum atomic E-state index is -0.363. The van der Waals surface area contributed by atoms with Crippen molar-refractivity contribution in [3.8, 4) is 0 Å². The van der Waals surface area contributed by atoms with Gasteiger partial charge in [-0.05, 0) is 49.7 Å². The molecule has 104 valence electrons. The first-order chi connectivity index (χ1) is 9.06. The molecule has 1 aliphatic carbocycles. The predicted octanol–water partition coefficient (Wildman–Crippen LogP) is 4.22. The molecular weight excluding hydrogens is 240 g/mol. The lowest BCUT2D eigenvalue weighted by atomic mass is 9.79. The number of nitro benzene ring substituents is 1. The molecule has 4 nitrogen and oxygen atoms in total. The summed E-state index contributed by atoms with van der Waals surface area (Å²) in [6.45, 7) is 4.60. The third-order valence-corrected chi connectivity index (χ3v) is 4.16. The molecule has 0 radical (unpaired) electrons. The maximum atomic E-state index is 10.6. The van der Waals surface area contributed by atoms with Crippen LogP contribution in [0.15, 0.2) is 24.3 Å². The van der Waals surface area contributed by atoms with Gasteiger partial charge in [-0.1, -0.05) is 13.8 Å². The average Bonchev–Trinajstić information content (AvgIpc) is 2.40. The van der Waals surface area contributed by atoms with E-state index in [0.717, 1.165) is 17.5 Å². The molecule has 0 atom stereocenters. The molecule has 0 unspecified atom stereocenters. The van der Waals surface area contributed by atoms with Gasteiger partial charge in [0.15, 0.2) is 0 Å². The Morgan fingerprint density at radius 2 is 1.74 bits per heavy atom. The van der Waals surface area contributed by atoms with Crippen molar-refractivity contribution in [2.24, 2.45) is 11.8 Å². The first kappa shape index (κ1) is 13.8. The van der Waals surface area contributed by atoms with Crippen molar-refractivity contribution in [1.29, 1.82) is 0 Å². The molecule has 19 heavy (non-hydrogen) atoms. The topological polar surface area (TPSA) is 55.2 Å². The minimum absolute atomic E-state index is 0.147. The van der Waals surface area contributed by atoms with Crippen LogP contribution in [0, 0.1) is 22.0 Å². The molecule has 0 spiro atoms. The van der Waals surface area contributed by atoms with E-state index in [0.29, 0.717) is 6.04 Å². The molecule has 1 N–H and O–H groups in total. The number of hydrogen-bond donors (Lipinski definition) is 1. The van der Waals surface area contributed by atoms with Crippen molar-refractivity contribution < 1.29 is 4.92 Å². The van der Waals surface area contributed by atoms with Crippen LogP contribution in [0.1, 0.15) is 39.5 Å². The van der Waals surface area contributed by atoms with E-state index in [2.05, 4.69) is 19.2 Å². The zero-order valence-electron chi connectivity index (χ0n) is 11.6. The van der Waals surface area contributed by atoms with E-state index >= 15 is 0 Å². The van der Waals surface area contributed by atoms with Crippen LogP contribution >= 0.6 is 0 Å². The quantitative estimate of drug-likeness (QED) is 0.653. The van der Waals surface area contributed by atoms with Crippen LogP contribution in [-0.2, 0) is 0 Å². The molecular formula is C15H22N2O2. The fraction of sp³-hybridized carbons (Fsp3) is 0.600. The molecule has 0 amide bonds. The highest BCUT2D eigenvalue weighted by Gasteiger charge is 2.23. The van der Waals surface area contributed by atoms with E-state index in [1.165, 1.54) is 25.7 Å². The van der Waals surface area contributed by atoms with Crippen molar-refractivity contribution >= 4 is 11.4 Å². The Hall–Kier alpha value is -1.58. The van der Waals surface area contributed by atoms with Gasteiger partial charge in [0, 0.05) is 23.9 Å². The zero-order chi connectivity index (χ0) is 13.8. The average molecular weight is 262 g/mol. The Kier molecular flexibility index (Phi) is 4.40. The maximum Gasteiger partial charge on any atom is 0.269 e. The molecule has 1 fully saturated rings. The van der Waals surface area contributed by atoms with E-state index < -0.39 is 0 Å². The van der Waals surface area contributed by atoms with Crippen LogP contribution in [0.2, 0.25) is 0 Å². The fourth-order valence-corrected chi connectivity index (χ4v) is 2.85. The van der Waals surface area contributed by atoms with Gasteiger partial charge in [0.25, 0.3) is 5.69 Å². The van der Waals surface area contributed by atoms with Crippen molar-refractivity contribution in [3.05, 3.63) is 34.4 Å². The third kappa shape index (κ3) is 3.69. The normalized spacial score (nSPS) is 23.3. The lowest BCUT2D eigenvalue weighted by molar-refractivity contribution is -0.384. The lowest BCUT2D eigenvalue weighted by Crippen LogP contribution is -2.27. The summed E-state index contributed by atoms with van der Waals surface area (Å²) in [4.78, 5) is 10.2. The summed E-state index contributed by atoms with van der Waals surface area (Å²) in [7, 11) is 0. The number of rotatable bonds is 4. The maximum absolute atomic E-state index is 10.6. The summed E-state index contributed by atoms with van der Waals surface area (Å²) in [6.07, 6.45) is 4.95. The molecule has 0 heterocycles. The van der Waals surface area contributed by atoms with Gasteiger partial charge >= 0.3 is 0 Å². The van der Waals surface area contributed by atoms with Gasteiger partial charge < -0.3 is 5.32 Å². The van der Waals surface area contributed by atoms with Crippen LogP contribution in [0.5, 0.6) is 0 Å². The van der Waals surface area contributed by atoms with Crippen molar-refractivity contribution in [3.63, 3.8) is 0 Å². The Bertz CT molecular complexity index is 420.